The highest BCUT2D eigenvalue weighted by Gasteiger charge is 2.80. The van der Waals surface area contributed by atoms with Gasteiger partial charge in [0.05, 0.1) is 16.6 Å². The van der Waals surface area contributed by atoms with Crippen LogP contribution >= 0.6 is 0 Å². The molecule has 0 aromatic carbocycles. The molecule has 4 aliphatic rings. The van der Waals surface area contributed by atoms with Crippen molar-refractivity contribution in [2.45, 2.75) is 57.2 Å². The fourth-order valence-corrected chi connectivity index (χ4v) is 6.56. The smallest absolute Gasteiger partial charge is 0.146 e. The van der Waals surface area contributed by atoms with Crippen molar-refractivity contribution in [2.75, 3.05) is 7.11 Å². The molecule has 1 spiro atoms. The van der Waals surface area contributed by atoms with Crippen molar-refractivity contribution in [3.63, 3.8) is 0 Å². The SMILES string of the molecule is CO.C[C@H]1C[C@@]2(O)C[C@@H]3CCC[C@@]34C(=O)[C@@H]1[C@@H]2[C@@]4(C)O. The Kier molecular flexibility index (Phi) is 2.93. The maximum Gasteiger partial charge on any atom is 0.146 e. The average molecular weight is 282 g/mol. The molecule has 20 heavy (non-hydrogen) atoms. The van der Waals surface area contributed by atoms with Crippen LogP contribution < -0.4 is 0 Å². The molecule has 4 saturated carbocycles. The van der Waals surface area contributed by atoms with Gasteiger partial charge in [-0.15, -0.1) is 0 Å². The van der Waals surface area contributed by atoms with Crippen LogP contribution in [0.15, 0.2) is 0 Å². The van der Waals surface area contributed by atoms with Gasteiger partial charge in [0.1, 0.15) is 5.78 Å². The molecule has 0 aromatic heterocycles. The summed E-state index contributed by atoms with van der Waals surface area (Å²) in [5, 5.41) is 29.1. The first-order valence-electron chi connectivity index (χ1n) is 7.78. The van der Waals surface area contributed by atoms with Crippen molar-refractivity contribution in [3.05, 3.63) is 0 Å². The molecule has 4 rings (SSSR count). The molecule has 0 amide bonds. The molecule has 4 fully saturated rings. The monoisotopic (exact) mass is 282 g/mol. The Hall–Kier alpha value is -0.450. The minimum absolute atomic E-state index is 0.104. The predicted octanol–water partition coefficient (Wildman–Crippen LogP) is 1.12. The fraction of sp³-hybridized carbons (Fsp3) is 0.938. The van der Waals surface area contributed by atoms with E-state index in [4.69, 9.17) is 5.11 Å². The van der Waals surface area contributed by atoms with Gasteiger partial charge in [0.15, 0.2) is 0 Å². The number of Topliss-reactive ketones (excluding diaryl/α,β-unsaturated/α-hetero) is 1. The summed E-state index contributed by atoms with van der Waals surface area (Å²) in [6.45, 7) is 3.90. The summed E-state index contributed by atoms with van der Waals surface area (Å²) in [5.74, 6) is 0.384. The Balaban J connectivity index is 0.000000581. The lowest BCUT2D eigenvalue weighted by atomic mass is 9.55. The van der Waals surface area contributed by atoms with Crippen LogP contribution in [0.4, 0.5) is 0 Å². The molecule has 4 nitrogen and oxygen atoms in total. The molecule has 114 valence electrons. The van der Waals surface area contributed by atoms with Gasteiger partial charge in [0, 0.05) is 18.9 Å². The summed E-state index contributed by atoms with van der Waals surface area (Å²) < 4.78 is 0. The number of hydrogen-bond acceptors (Lipinski definition) is 4. The molecule has 0 aromatic rings. The van der Waals surface area contributed by atoms with E-state index in [1.807, 2.05) is 6.92 Å². The predicted molar refractivity (Wildman–Crippen MR) is 73.9 cm³/mol. The Morgan fingerprint density at radius 2 is 1.85 bits per heavy atom. The normalized spacial score (nSPS) is 59.2. The molecular formula is C16H26O4. The van der Waals surface area contributed by atoms with E-state index in [1.165, 1.54) is 0 Å². The molecule has 4 aliphatic carbocycles. The Morgan fingerprint density at radius 3 is 2.50 bits per heavy atom. The zero-order chi connectivity index (χ0) is 14.9. The first-order valence-corrected chi connectivity index (χ1v) is 7.78. The number of carbonyl (C=O) groups is 1. The quantitative estimate of drug-likeness (QED) is 0.622. The standard InChI is InChI=1S/C15H22O3.CH4O/c1-8-6-14(18)7-9-4-3-5-15(9)12(16)10(8)11(14)13(15,2)17;1-2/h8-11,17-18H,3-7H2,1-2H3;2H,1H3/t8-,9-,10-,11+,13+,14+,15-;/m0./s1. The summed E-state index contributed by atoms with van der Waals surface area (Å²) in [4.78, 5) is 12.9. The summed E-state index contributed by atoms with van der Waals surface area (Å²) in [5.41, 5.74) is -2.31. The van der Waals surface area contributed by atoms with Gasteiger partial charge in [-0.2, -0.15) is 0 Å². The van der Waals surface area contributed by atoms with E-state index in [0.29, 0.717) is 6.42 Å². The highest BCUT2D eigenvalue weighted by Crippen LogP contribution is 2.73. The van der Waals surface area contributed by atoms with Gasteiger partial charge < -0.3 is 15.3 Å². The van der Waals surface area contributed by atoms with Gasteiger partial charge in [0.25, 0.3) is 0 Å². The highest BCUT2D eigenvalue weighted by atomic mass is 16.3. The number of ketones is 1. The number of aliphatic hydroxyl groups excluding tert-OH is 1. The third-order valence-corrected chi connectivity index (χ3v) is 6.90. The van der Waals surface area contributed by atoms with Crippen LogP contribution in [0, 0.1) is 29.1 Å². The highest BCUT2D eigenvalue weighted by molar-refractivity contribution is 5.94. The van der Waals surface area contributed by atoms with Crippen molar-refractivity contribution in [3.8, 4) is 0 Å². The summed E-state index contributed by atoms with van der Waals surface area (Å²) >= 11 is 0. The maximum atomic E-state index is 12.9. The van der Waals surface area contributed by atoms with Crippen LogP contribution in [-0.4, -0.2) is 39.4 Å². The molecular weight excluding hydrogens is 256 g/mol. The first kappa shape index (κ1) is 14.5. The summed E-state index contributed by atoms with van der Waals surface area (Å²) in [6.07, 6.45) is 4.28. The second-order valence-electron chi connectivity index (χ2n) is 7.56. The van der Waals surface area contributed by atoms with Crippen LogP contribution in [0.3, 0.4) is 0 Å². The van der Waals surface area contributed by atoms with Crippen LogP contribution in [0.2, 0.25) is 0 Å². The van der Waals surface area contributed by atoms with Crippen LogP contribution in [0.1, 0.15) is 46.0 Å². The van der Waals surface area contributed by atoms with E-state index in [-0.39, 0.29) is 29.5 Å². The number of rotatable bonds is 0. The van der Waals surface area contributed by atoms with Crippen molar-refractivity contribution in [2.24, 2.45) is 29.1 Å². The number of hydrogen-bond donors (Lipinski definition) is 3. The summed E-state index contributed by atoms with van der Waals surface area (Å²) in [7, 11) is 1.00. The maximum absolute atomic E-state index is 12.9. The molecule has 0 unspecified atom stereocenters. The fourth-order valence-electron chi connectivity index (χ4n) is 6.56. The third-order valence-electron chi connectivity index (χ3n) is 6.90. The van der Waals surface area contributed by atoms with Gasteiger partial charge in [-0.05, 0) is 44.4 Å². The Labute approximate surface area is 120 Å². The largest absolute Gasteiger partial charge is 0.400 e. The number of aliphatic hydroxyl groups is 3. The van der Waals surface area contributed by atoms with Crippen LogP contribution in [0.25, 0.3) is 0 Å². The Morgan fingerprint density at radius 1 is 1.20 bits per heavy atom. The second kappa shape index (κ2) is 4.05. The average Bonchev–Trinajstić information content (AvgIpc) is 2.94. The first-order chi connectivity index (χ1) is 9.34. The molecule has 0 heterocycles. The molecule has 7 atom stereocenters. The Bertz CT molecular complexity index is 446. The second-order valence-corrected chi connectivity index (χ2v) is 7.56. The molecule has 0 radical (unpaired) electrons. The lowest BCUT2D eigenvalue weighted by Crippen LogP contribution is -2.61. The summed E-state index contributed by atoms with van der Waals surface area (Å²) in [6, 6.07) is 0. The molecule has 4 heteroatoms. The van der Waals surface area contributed by atoms with Gasteiger partial charge in [0.2, 0.25) is 0 Å². The van der Waals surface area contributed by atoms with Gasteiger partial charge in [-0.3, -0.25) is 4.79 Å². The molecule has 3 N–H and O–H groups in total. The topological polar surface area (TPSA) is 77.8 Å². The van der Waals surface area contributed by atoms with Crippen molar-refractivity contribution in [1.82, 2.24) is 0 Å². The zero-order valence-corrected chi connectivity index (χ0v) is 12.6. The van der Waals surface area contributed by atoms with E-state index < -0.39 is 16.6 Å². The zero-order valence-electron chi connectivity index (χ0n) is 12.6. The lowest BCUT2D eigenvalue weighted by molar-refractivity contribution is -0.195. The van der Waals surface area contributed by atoms with Crippen molar-refractivity contribution in [1.29, 1.82) is 0 Å². The van der Waals surface area contributed by atoms with E-state index in [2.05, 4.69) is 6.92 Å². The van der Waals surface area contributed by atoms with E-state index >= 15 is 0 Å². The minimum atomic E-state index is -0.992. The van der Waals surface area contributed by atoms with Gasteiger partial charge in [-0.25, -0.2) is 0 Å². The van der Waals surface area contributed by atoms with Gasteiger partial charge in [-0.1, -0.05) is 13.3 Å². The number of carbonyl (C=O) groups excluding carboxylic acids is 1. The third kappa shape index (κ3) is 1.27. The van der Waals surface area contributed by atoms with Gasteiger partial charge >= 0.3 is 0 Å². The minimum Gasteiger partial charge on any atom is -0.400 e. The van der Waals surface area contributed by atoms with Crippen molar-refractivity contribution < 1.29 is 20.1 Å². The van der Waals surface area contributed by atoms with Crippen molar-refractivity contribution >= 4 is 5.78 Å². The van der Waals surface area contributed by atoms with E-state index in [1.54, 1.807) is 0 Å². The molecule has 0 aliphatic heterocycles. The van der Waals surface area contributed by atoms with Crippen LogP contribution in [0.5, 0.6) is 0 Å². The molecule has 2 bridgehead atoms. The van der Waals surface area contributed by atoms with Crippen LogP contribution in [-0.2, 0) is 4.79 Å². The lowest BCUT2D eigenvalue weighted by Gasteiger charge is -2.52. The van der Waals surface area contributed by atoms with E-state index in [0.717, 1.165) is 32.8 Å². The molecule has 0 saturated heterocycles. The van der Waals surface area contributed by atoms with E-state index in [9.17, 15) is 15.0 Å².